The summed E-state index contributed by atoms with van der Waals surface area (Å²) in [7, 11) is 0. The average Bonchev–Trinajstić information content (AvgIpc) is 2.69. The van der Waals surface area contributed by atoms with Crippen LogP contribution in [0, 0.1) is 5.92 Å². The lowest BCUT2D eigenvalue weighted by atomic mass is 9.91. The van der Waals surface area contributed by atoms with Gasteiger partial charge in [-0.3, -0.25) is 9.59 Å². The van der Waals surface area contributed by atoms with E-state index in [0.717, 1.165) is 16.7 Å². The molecule has 130 valence electrons. The summed E-state index contributed by atoms with van der Waals surface area (Å²) in [6.07, 6.45) is 0.346. The minimum Gasteiger partial charge on any atom is -0.481 e. The number of carbonyl (C=O) groups is 2. The van der Waals surface area contributed by atoms with E-state index in [0.29, 0.717) is 12.0 Å². The van der Waals surface area contributed by atoms with Crippen LogP contribution in [0.5, 0.6) is 0 Å². The molecule has 0 aromatic heterocycles. The molecule has 0 aliphatic carbocycles. The molecule has 0 amide bonds. The third kappa shape index (κ3) is 4.45. The lowest BCUT2D eigenvalue weighted by Gasteiger charge is -2.12. The number of rotatable bonds is 7. The molecule has 0 bridgehead atoms. The van der Waals surface area contributed by atoms with Crippen molar-refractivity contribution in [2.24, 2.45) is 5.92 Å². The Balaban J connectivity index is 1.70. The lowest BCUT2D eigenvalue weighted by molar-refractivity contribution is -0.141. The number of ketones is 1. The van der Waals surface area contributed by atoms with Crippen LogP contribution in [0.4, 0.5) is 0 Å². The van der Waals surface area contributed by atoms with E-state index < -0.39 is 11.9 Å². The lowest BCUT2D eigenvalue weighted by Crippen LogP contribution is -2.20. The van der Waals surface area contributed by atoms with Crippen LogP contribution in [0.1, 0.15) is 22.3 Å². The molecule has 0 spiro atoms. The van der Waals surface area contributed by atoms with Crippen LogP contribution in [0.3, 0.4) is 0 Å². The first-order chi connectivity index (χ1) is 12.6. The zero-order valence-electron chi connectivity index (χ0n) is 14.3. The Kier molecular flexibility index (Phi) is 5.59. The zero-order chi connectivity index (χ0) is 18.4. The first-order valence-electron chi connectivity index (χ1n) is 8.59. The number of Topliss-reactive ketones (excluding diaryl/α,β-unsaturated/α-hetero) is 1. The SMILES string of the molecule is O=C(C[C@@H](Cc1ccccc1)C(=O)O)c1ccc(-c2ccccc2)cc1. The van der Waals surface area contributed by atoms with Gasteiger partial charge in [0.25, 0.3) is 0 Å². The first kappa shape index (κ1) is 17.6. The normalized spacial score (nSPS) is 11.7. The summed E-state index contributed by atoms with van der Waals surface area (Å²) < 4.78 is 0. The van der Waals surface area contributed by atoms with Gasteiger partial charge in [-0.2, -0.15) is 0 Å². The predicted molar refractivity (Wildman–Crippen MR) is 102 cm³/mol. The molecule has 0 fully saturated rings. The summed E-state index contributed by atoms with van der Waals surface area (Å²) in [6.45, 7) is 0. The monoisotopic (exact) mass is 344 g/mol. The summed E-state index contributed by atoms with van der Waals surface area (Å²) in [5, 5.41) is 9.47. The number of carbonyl (C=O) groups excluding carboxylic acids is 1. The fourth-order valence-electron chi connectivity index (χ4n) is 2.97. The second kappa shape index (κ2) is 8.26. The van der Waals surface area contributed by atoms with Crippen LogP contribution in [0.15, 0.2) is 84.9 Å². The van der Waals surface area contributed by atoms with E-state index in [1.807, 2.05) is 72.8 Å². The molecule has 1 atom stereocenters. The quantitative estimate of drug-likeness (QED) is 0.622. The van der Waals surface area contributed by atoms with E-state index >= 15 is 0 Å². The molecule has 0 heterocycles. The summed E-state index contributed by atoms with van der Waals surface area (Å²) >= 11 is 0. The number of carboxylic acid groups (broad SMARTS) is 1. The van der Waals surface area contributed by atoms with Gasteiger partial charge in [-0.15, -0.1) is 0 Å². The summed E-state index contributed by atoms with van der Waals surface area (Å²) in [4.78, 5) is 24.1. The van der Waals surface area contributed by atoms with E-state index in [1.165, 1.54) is 0 Å². The largest absolute Gasteiger partial charge is 0.481 e. The van der Waals surface area contributed by atoms with Gasteiger partial charge in [0.2, 0.25) is 0 Å². The molecule has 1 N–H and O–H groups in total. The van der Waals surface area contributed by atoms with Gasteiger partial charge in [-0.05, 0) is 23.1 Å². The molecule has 0 radical (unpaired) electrons. The molecular formula is C23H20O3. The second-order valence-electron chi connectivity index (χ2n) is 6.30. The standard InChI is InChI=1S/C23H20O3/c24-22(16-21(23(25)26)15-17-7-3-1-4-8-17)20-13-11-19(12-14-20)18-9-5-2-6-10-18/h1-14,21H,15-16H2,(H,25,26)/t21-/m1/s1. The Bertz CT molecular complexity index is 868. The Morgan fingerprint density at radius 3 is 1.85 bits per heavy atom. The van der Waals surface area contributed by atoms with Crippen LogP contribution >= 0.6 is 0 Å². The number of benzene rings is 3. The highest BCUT2D eigenvalue weighted by Crippen LogP contribution is 2.21. The summed E-state index contributed by atoms with van der Waals surface area (Å²) in [5.41, 5.74) is 3.58. The van der Waals surface area contributed by atoms with E-state index in [1.54, 1.807) is 12.1 Å². The van der Waals surface area contributed by atoms with E-state index in [4.69, 9.17) is 0 Å². The second-order valence-corrected chi connectivity index (χ2v) is 6.30. The van der Waals surface area contributed by atoms with Gasteiger partial charge >= 0.3 is 5.97 Å². The summed E-state index contributed by atoms with van der Waals surface area (Å²) in [6, 6.07) is 26.7. The van der Waals surface area contributed by atoms with Crippen molar-refractivity contribution in [2.75, 3.05) is 0 Å². The molecular weight excluding hydrogens is 324 g/mol. The molecule has 26 heavy (non-hydrogen) atoms. The number of carboxylic acids is 1. The van der Waals surface area contributed by atoms with Crippen LogP contribution in [0.2, 0.25) is 0 Å². The van der Waals surface area contributed by atoms with E-state index in [2.05, 4.69) is 0 Å². The number of aliphatic carboxylic acids is 1. The van der Waals surface area contributed by atoms with Crippen LogP contribution < -0.4 is 0 Å². The molecule has 3 nitrogen and oxygen atoms in total. The highest BCUT2D eigenvalue weighted by molar-refractivity contribution is 5.98. The third-order valence-electron chi connectivity index (χ3n) is 4.42. The first-order valence-corrected chi connectivity index (χ1v) is 8.59. The van der Waals surface area contributed by atoms with Crippen molar-refractivity contribution < 1.29 is 14.7 Å². The highest BCUT2D eigenvalue weighted by atomic mass is 16.4. The molecule has 3 aromatic carbocycles. The Morgan fingerprint density at radius 1 is 0.731 bits per heavy atom. The molecule has 3 rings (SSSR count). The van der Waals surface area contributed by atoms with Crippen molar-refractivity contribution in [2.45, 2.75) is 12.8 Å². The van der Waals surface area contributed by atoms with Gasteiger partial charge in [-0.25, -0.2) is 0 Å². The minimum absolute atomic E-state index is 0.00505. The van der Waals surface area contributed by atoms with Crippen LogP contribution in [0.25, 0.3) is 11.1 Å². The molecule has 0 saturated heterocycles. The maximum atomic E-state index is 12.5. The fraction of sp³-hybridized carbons (Fsp3) is 0.130. The zero-order valence-corrected chi connectivity index (χ0v) is 14.3. The topological polar surface area (TPSA) is 54.4 Å². The molecule has 0 aliphatic rings. The summed E-state index contributed by atoms with van der Waals surface area (Å²) in [5.74, 6) is -1.81. The van der Waals surface area contributed by atoms with Crippen molar-refractivity contribution in [1.82, 2.24) is 0 Å². The van der Waals surface area contributed by atoms with Gasteiger partial charge in [0, 0.05) is 12.0 Å². The van der Waals surface area contributed by atoms with Crippen LogP contribution in [-0.4, -0.2) is 16.9 Å². The van der Waals surface area contributed by atoms with Gasteiger partial charge in [0.05, 0.1) is 5.92 Å². The van der Waals surface area contributed by atoms with E-state index in [-0.39, 0.29) is 12.2 Å². The number of hydrogen-bond acceptors (Lipinski definition) is 2. The smallest absolute Gasteiger partial charge is 0.307 e. The van der Waals surface area contributed by atoms with Crippen molar-refractivity contribution in [3.05, 3.63) is 96.1 Å². The molecule has 0 unspecified atom stereocenters. The molecule has 0 aliphatic heterocycles. The molecule has 0 saturated carbocycles. The minimum atomic E-state index is -0.942. The van der Waals surface area contributed by atoms with Crippen molar-refractivity contribution in [3.63, 3.8) is 0 Å². The Labute approximate surface area is 152 Å². The number of hydrogen-bond donors (Lipinski definition) is 1. The van der Waals surface area contributed by atoms with Crippen molar-refractivity contribution in [1.29, 1.82) is 0 Å². The van der Waals surface area contributed by atoms with Gasteiger partial charge < -0.3 is 5.11 Å². The third-order valence-corrected chi connectivity index (χ3v) is 4.42. The van der Waals surface area contributed by atoms with Gasteiger partial charge in [-0.1, -0.05) is 84.9 Å². The Morgan fingerprint density at radius 2 is 1.27 bits per heavy atom. The maximum absolute atomic E-state index is 12.5. The van der Waals surface area contributed by atoms with E-state index in [9.17, 15) is 14.7 Å². The maximum Gasteiger partial charge on any atom is 0.307 e. The van der Waals surface area contributed by atoms with Crippen molar-refractivity contribution >= 4 is 11.8 Å². The Hall–Kier alpha value is -3.20. The van der Waals surface area contributed by atoms with Gasteiger partial charge in [0.1, 0.15) is 0 Å². The molecule has 3 heteroatoms. The predicted octanol–water partition coefficient (Wildman–Crippen LogP) is 4.87. The fourth-order valence-corrected chi connectivity index (χ4v) is 2.97. The average molecular weight is 344 g/mol. The van der Waals surface area contributed by atoms with Crippen LogP contribution in [-0.2, 0) is 11.2 Å². The molecule has 3 aromatic rings. The van der Waals surface area contributed by atoms with Crippen molar-refractivity contribution in [3.8, 4) is 11.1 Å². The highest BCUT2D eigenvalue weighted by Gasteiger charge is 2.22. The van der Waals surface area contributed by atoms with Gasteiger partial charge in [0.15, 0.2) is 5.78 Å².